The van der Waals surface area contributed by atoms with E-state index in [4.69, 9.17) is 0 Å². The van der Waals surface area contributed by atoms with Gasteiger partial charge in [0.15, 0.2) is 0 Å². The first-order chi connectivity index (χ1) is 9.31. The summed E-state index contributed by atoms with van der Waals surface area (Å²) in [4.78, 5) is 0. The van der Waals surface area contributed by atoms with Crippen molar-refractivity contribution in [3.05, 3.63) is 42.0 Å². The van der Waals surface area contributed by atoms with Gasteiger partial charge >= 0.3 is 0 Å². The van der Waals surface area contributed by atoms with Gasteiger partial charge in [0.25, 0.3) is 0 Å². The van der Waals surface area contributed by atoms with Gasteiger partial charge in [0.2, 0.25) is 0 Å². The molecule has 0 aliphatic carbocycles. The molecule has 1 aromatic rings. The molecule has 1 unspecified atom stereocenters. The lowest BCUT2D eigenvalue weighted by atomic mass is 10.1. The fraction of sp³-hybridized carbons (Fsp3) is 0.529. The average molecular weight is 262 g/mol. The van der Waals surface area contributed by atoms with Crippen LogP contribution in [0.25, 0.3) is 5.70 Å². The number of allylic oxidation sites excluding steroid dienone is 1. The van der Waals surface area contributed by atoms with Gasteiger partial charge in [-0.05, 0) is 38.8 Å². The number of hydrogen-bond donors (Lipinski definition) is 2. The molecule has 2 nitrogen and oxygen atoms in total. The summed E-state index contributed by atoms with van der Waals surface area (Å²) in [5, 5.41) is 7.17. The van der Waals surface area contributed by atoms with Gasteiger partial charge in [0.05, 0.1) is 0 Å². The van der Waals surface area contributed by atoms with Gasteiger partial charge in [0.1, 0.15) is 0 Å². The van der Waals surface area contributed by atoms with Crippen LogP contribution in [0.2, 0.25) is 0 Å². The maximum atomic E-state index is 3.62. The van der Waals surface area contributed by atoms with E-state index in [2.05, 4.69) is 60.9 Å². The van der Waals surface area contributed by atoms with Crippen LogP contribution in [0.3, 0.4) is 0 Å². The Morgan fingerprint density at radius 3 is 2.58 bits per heavy atom. The molecule has 0 radical (unpaired) electrons. The van der Waals surface area contributed by atoms with Crippen molar-refractivity contribution >= 4 is 5.70 Å². The minimum Gasteiger partial charge on any atom is -0.381 e. The Bertz CT molecular complexity index is 370. The van der Waals surface area contributed by atoms with E-state index < -0.39 is 0 Å². The first kappa shape index (κ1) is 15.8. The van der Waals surface area contributed by atoms with Crippen LogP contribution in [0.5, 0.6) is 0 Å². The molecular formula is C17H30N2. The highest BCUT2D eigenvalue weighted by Gasteiger charge is 2.21. The first-order valence-corrected chi connectivity index (χ1v) is 7.53. The lowest BCUT2D eigenvalue weighted by molar-refractivity contribution is 0.473. The van der Waals surface area contributed by atoms with E-state index in [-0.39, 0.29) is 1.43 Å². The van der Waals surface area contributed by atoms with Crippen molar-refractivity contribution in [1.82, 2.24) is 10.6 Å². The summed E-state index contributed by atoms with van der Waals surface area (Å²) in [6.07, 6.45) is 4.73. The minimum absolute atomic E-state index is 0. The summed E-state index contributed by atoms with van der Waals surface area (Å²) < 4.78 is 0. The predicted molar refractivity (Wildman–Crippen MR) is 87.2 cm³/mol. The monoisotopic (exact) mass is 262 g/mol. The Labute approximate surface area is 119 Å². The van der Waals surface area contributed by atoms with Crippen molar-refractivity contribution in [1.29, 1.82) is 0 Å². The standard InChI is InChI=1S/C15H22N2.C2H6.H2/c1-3-14(13-8-5-4-6-9-13)17-12(2)15-10-7-11-16-15;1-2;/h3-6,8-9,12,15-17H,7,10-11H2,1-2H3;1-2H3;1H/b14-3-;;/t12?,15-;;/m0../s1. The quantitative estimate of drug-likeness (QED) is 0.855. The molecule has 0 saturated carbocycles. The van der Waals surface area contributed by atoms with E-state index >= 15 is 0 Å². The molecule has 1 aromatic carbocycles. The van der Waals surface area contributed by atoms with Crippen LogP contribution < -0.4 is 10.6 Å². The van der Waals surface area contributed by atoms with Crippen molar-refractivity contribution < 1.29 is 1.43 Å². The second kappa shape index (κ2) is 8.76. The molecular weight excluding hydrogens is 232 g/mol. The minimum atomic E-state index is 0. The SMILES string of the molecule is C/C=C(\NC(C)[C@@H]1CCCN1)c1ccccc1.CC.[HH]. The first-order valence-electron chi connectivity index (χ1n) is 7.53. The normalized spacial score (nSPS) is 20.4. The fourth-order valence-electron chi connectivity index (χ4n) is 2.44. The van der Waals surface area contributed by atoms with Gasteiger partial charge in [-0.15, -0.1) is 0 Å². The molecule has 1 aliphatic rings. The molecule has 2 rings (SSSR count). The Morgan fingerprint density at radius 1 is 1.37 bits per heavy atom. The molecule has 1 fully saturated rings. The molecule has 19 heavy (non-hydrogen) atoms. The fourth-order valence-corrected chi connectivity index (χ4v) is 2.44. The van der Waals surface area contributed by atoms with Crippen LogP contribution in [-0.2, 0) is 0 Å². The third-order valence-electron chi connectivity index (χ3n) is 3.46. The summed E-state index contributed by atoms with van der Waals surface area (Å²) in [5.41, 5.74) is 2.49. The molecule has 0 bridgehead atoms. The number of hydrogen-bond acceptors (Lipinski definition) is 2. The zero-order chi connectivity index (χ0) is 14.1. The van der Waals surface area contributed by atoms with E-state index in [0.717, 1.165) is 6.54 Å². The van der Waals surface area contributed by atoms with Gasteiger partial charge in [0, 0.05) is 19.2 Å². The van der Waals surface area contributed by atoms with Gasteiger partial charge in [-0.3, -0.25) is 0 Å². The van der Waals surface area contributed by atoms with Crippen molar-refractivity contribution in [3.8, 4) is 0 Å². The third kappa shape index (κ3) is 4.71. The average Bonchev–Trinajstić information content (AvgIpc) is 3.02. The number of nitrogens with one attached hydrogen (secondary N) is 2. The maximum Gasteiger partial charge on any atom is 0.0386 e. The zero-order valence-corrected chi connectivity index (χ0v) is 12.7. The molecule has 2 heteroatoms. The highest BCUT2D eigenvalue weighted by Crippen LogP contribution is 2.15. The molecule has 2 atom stereocenters. The zero-order valence-electron chi connectivity index (χ0n) is 12.7. The van der Waals surface area contributed by atoms with Gasteiger partial charge < -0.3 is 10.6 Å². The van der Waals surface area contributed by atoms with Gasteiger partial charge in [-0.2, -0.15) is 0 Å². The summed E-state index contributed by atoms with van der Waals surface area (Å²) in [7, 11) is 0. The van der Waals surface area contributed by atoms with Gasteiger partial charge in [-0.25, -0.2) is 0 Å². The Hall–Kier alpha value is -1.28. The molecule has 1 saturated heterocycles. The van der Waals surface area contributed by atoms with E-state index in [1.807, 2.05) is 13.8 Å². The molecule has 108 valence electrons. The van der Waals surface area contributed by atoms with E-state index in [1.165, 1.54) is 24.1 Å². The molecule has 0 amide bonds. The Morgan fingerprint density at radius 2 is 2.05 bits per heavy atom. The topological polar surface area (TPSA) is 24.1 Å². The van der Waals surface area contributed by atoms with Crippen LogP contribution in [-0.4, -0.2) is 18.6 Å². The van der Waals surface area contributed by atoms with E-state index in [0.29, 0.717) is 12.1 Å². The third-order valence-corrected chi connectivity index (χ3v) is 3.46. The van der Waals surface area contributed by atoms with Crippen LogP contribution >= 0.6 is 0 Å². The number of rotatable bonds is 4. The summed E-state index contributed by atoms with van der Waals surface area (Å²) in [6.45, 7) is 9.51. The Kier molecular flexibility index (Phi) is 7.27. The van der Waals surface area contributed by atoms with Crippen LogP contribution in [0, 0.1) is 0 Å². The van der Waals surface area contributed by atoms with Crippen LogP contribution in [0.15, 0.2) is 36.4 Å². The largest absolute Gasteiger partial charge is 0.381 e. The van der Waals surface area contributed by atoms with Crippen LogP contribution in [0.1, 0.15) is 47.5 Å². The summed E-state index contributed by atoms with van der Waals surface area (Å²) in [6, 6.07) is 11.6. The van der Waals surface area contributed by atoms with Crippen molar-refractivity contribution in [2.24, 2.45) is 0 Å². The van der Waals surface area contributed by atoms with E-state index in [9.17, 15) is 0 Å². The molecule has 2 N–H and O–H groups in total. The summed E-state index contributed by atoms with van der Waals surface area (Å²) in [5.74, 6) is 0. The molecule has 0 spiro atoms. The highest BCUT2D eigenvalue weighted by atomic mass is 15.0. The maximum absolute atomic E-state index is 3.62. The van der Waals surface area contributed by atoms with Crippen molar-refractivity contribution in [3.63, 3.8) is 0 Å². The molecule has 1 heterocycles. The Balaban J connectivity index is 0.00000115. The predicted octanol–water partition coefficient (Wildman–Crippen LogP) is 4.05. The smallest absolute Gasteiger partial charge is 0.0386 e. The molecule has 1 aliphatic heterocycles. The molecule has 0 aromatic heterocycles. The second-order valence-electron chi connectivity index (χ2n) is 4.70. The second-order valence-corrected chi connectivity index (χ2v) is 4.70. The highest BCUT2D eigenvalue weighted by molar-refractivity contribution is 5.63. The van der Waals surface area contributed by atoms with Crippen LogP contribution in [0.4, 0.5) is 0 Å². The summed E-state index contributed by atoms with van der Waals surface area (Å²) >= 11 is 0. The van der Waals surface area contributed by atoms with Gasteiger partial charge in [-0.1, -0.05) is 50.3 Å². The lowest BCUT2D eigenvalue weighted by Crippen LogP contribution is -2.41. The van der Waals surface area contributed by atoms with Crippen molar-refractivity contribution in [2.45, 2.75) is 52.6 Å². The number of benzene rings is 1. The van der Waals surface area contributed by atoms with Crippen molar-refractivity contribution in [2.75, 3.05) is 6.54 Å². The lowest BCUT2D eigenvalue weighted by Gasteiger charge is -2.23. The van der Waals surface area contributed by atoms with E-state index in [1.54, 1.807) is 0 Å².